The molecule has 1 aliphatic rings. The Hall–Kier alpha value is -0.240. The molecule has 1 saturated heterocycles. The summed E-state index contributed by atoms with van der Waals surface area (Å²) in [5, 5.41) is 1.33. The Morgan fingerprint density at radius 3 is 2.58 bits per heavy atom. The monoisotopic (exact) mass is 201 g/mol. The molecule has 0 aromatic heterocycles. The van der Waals surface area contributed by atoms with Gasteiger partial charge in [-0.3, -0.25) is 0 Å². The van der Waals surface area contributed by atoms with Crippen LogP contribution < -0.4 is 0 Å². The molecule has 0 amide bonds. The van der Waals surface area contributed by atoms with E-state index in [0.29, 0.717) is 16.7 Å². The van der Waals surface area contributed by atoms with Gasteiger partial charge in [0, 0.05) is 16.5 Å². The highest BCUT2D eigenvalue weighted by molar-refractivity contribution is 6.35. The molecule has 3 heteroatoms. The Morgan fingerprint density at radius 2 is 2.08 bits per heavy atom. The molecule has 1 aromatic carbocycles. The zero-order chi connectivity index (χ0) is 8.55. The molecule has 1 aliphatic heterocycles. The summed E-state index contributed by atoms with van der Waals surface area (Å²) < 4.78 is 5.25. The van der Waals surface area contributed by atoms with Crippen LogP contribution in [-0.4, -0.2) is 6.61 Å². The summed E-state index contributed by atoms with van der Waals surface area (Å²) in [6.07, 6.45) is 2.13. The fourth-order valence-corrected chi connectivity index (χ4v) is 1.66. The summed E-state index contributed by atoms with van der Waals surface area (Å²) in [6, 6.07) is 5.44. The predicted octanol–water partition coefficient (Wildman–Crippen LogP) is 3.27. The van der Waals surface area contributed by atoms with E-state index in [-0.39, 0.29) is 6.10 Å². The Kier molecular flexibility index (Phi) is 2.26. The second-order valence-electron chi connectivity index (χ2n) is 2.66. The highest BCUT2D eigenvalue weighted by Gasteiger charge is 2.22. The Labute approximate surface area is 81.2 Å². The van der Waals surface area contributed by atoms with Crippen molar-refractivity contribution in [1.29, 1.82) is 0 Å². The topological polar surface area (TPSA) is 9.23 Å². The third kappa shape index (κ3) is 1.45. The molecule has 0 saturated carbocycles. The molecule has 1 nitrogen and oxygen atoms in total. The van der Waals surface area contributed by atoms with E-state index in [9.17, 15) is 0 Å². The molecule has 0 spiro atoms. The third-order valence-electron chi connectivity index (χ3n) is 1.86. The van der Waals surface area contributed by atoms with Crippen LogP contribution in [0.5, 0.6) is 0 Å². The fraction of sp³-hybridized carbons (Fsp3) is 0.222. The summed E-state index contributed by atoms with van der Waals surface area (Å²) in [4.78, 5) is 0. The second kappa shape index (κ2) is 3.25. The van der Waals surface area contributed by atoms with Crippen molar-refractivity contribution in [3.63, 3.8) is 0 Å². The molecule has 1 aromatic rings. The van der Waals surface area contributed by atoms with E-state index in [1.54, 1.807) is 6.07 Å². The quantitative estimate of drug-likeness (QED) is 0.678. The van der Waals surface area contributed by atoms with Crippen molar-refractivity contribution < 1.29 is 4.74 Å². The zero-order valence-corrected chi connectivity index (χ0v) is 7.77. The molecule has 1 heterocycles. The molecule has 63 valence electrons. The van der Waals surface area contributed by atoms with Crippen molar-refractivity contribution in [2.24, 2.45) is 0 Å². The van der Waals surface area contributed by atoms with Crippen molar-refractivity contribution in [3.8, 4) is 0 Å². The summed E-state index contributed by atoms with van der Waals surface area (Å²) >= 11 is 11.7. The van der Waals surface area contributed by atoms with Crippen LogP contribution in [-0.2, 0) is 4.74 Å². The van der Waals surface area contributed by atoms with Crippen LogP contribution in [0.2, 0.25) is 10.0 Å². The third-order valence-corrected chi connectivity index (χ3v) is 2.42. The minimum Gasteiger partial charge on any atom is -0.373 e. The zero-order valence-electron chi connectivity index (χ0n) is 6.26. The number of benzene rings is 1. The van der Waals surface area contributed by atoms with Gasteiger partial charge in [0.25, 0.3) is 0 Å². The van der Waals surface area contributed by atoms with E-state index in [1.165, 1.54) is 0 Å². The molecule has 1 atom stereocenters. The Morgan fingerprint density at radius 1 is 1.33 bits per heavy atom. The van der Waals surface area contributed by atoms with Gasteiger partial charge in [0.2, 0.25) is 0 Å². The number of hydrogen-bond acceptors (Lipinski definition) is 1. The maximum Gasteiger partial charge on any atom is 0.0894 e. The SMILES string of the molecule is Clc1ccc(C2[CH]CO2)c(Cl)c1. The van der Waals surface area contributed by atoms with E-state index >= 15 is 0 Å². The lowest BCUT2D eigenvalue weighted by Crippen LogP contribution is -2.19. The van der Waals surface area contributed by atoms with Crippen LogP contribution in [0, 0.1) is 6.42 Å². The van der Waals surface area contributed by atoms with Crippen LogP contribution >= 0.6 is 23.2 Å². The van der Waals surface area contributed by atoms with E-state index < -0.39 is 0 Å². The van der Waals surface area contributed by atoms with Gasteiger partial charge >= 0.3 is 0 Å². The van der Waals surface area contributed by atoms with Crippen molar-refractivity contribution >= 4 is 23.2 Å². The van der Waals surface area contributed by atoms with Crippen molar-refractivity contribution in [3.05, 3.63) is 40.2 Å². The van der Waals surface area contributed by atoms with E-state index in [4.69, 9.17) is 27.9 Å². The lowest BCUT2D eigenvalue weighted by molar-refractivity contribution is 0.00791. The first-order valence-corrected chi connectivity index (χ1v) is 4.43. The van der Waals surface area contributed by atoms with Crippen LogP contribution in [0.3, 0.4) is 0 Å². The number of halogens is 2. The van der Waals surface area contributed by atoms with Gasteiger partial charge in [0.05, 0.1) is 12.7 Å². The van der Waals surface area contributed by atoms with Crippen molar-refractivity contribution in [1.82, 2.24) is 0 Å². The van der Waals surface area contributed by atoms with Gasteiger partial charge in [-0.2, -0.15) is 0 Å². The predicted molar refractivity (Wildman–Crippen MR) is 49.5 cm³/mol. The van der Waals surface area contributed by atoms with Crippen molar-refractivity contribution in [2.75, 3.05) is 6.61 Å². The van der Waals surface area contributed by atoms with Gasteiger partial charge in [0.1, 0.15) is 0 Å². The number of rotatable bonds is 1. The fourth-order valence-electron chi connectivity index (χ4n) is 1.14. The van der Waals surface area contributed by atoms with Gasteiger partial charge in [-0.15, -0.1) is 0 Å². The molecule has 0 aliphatic carbocycles. The average molecular weight is 202 g/mol. The van der Waals surface area contributed by atoms with Crippen LogP contribution in [0.15, 0.2) is 18.2 Å². The van der Waals surface area contributed by atoms with E-state index in [0.717, 1.165) is 5.56 Å². The smallest absolute Gasteiger partial charge is 0.0894 e. The van der Waals surface area contributed by atoms with Gasteiger partial charge < -0.3 is 4.74 Å². The van der Waals surface area contributed by atoms with E-state index in [2.05, 4.69) is 6.42 Å². The van der Waals surface area contributed by atoms with Crippen molar-refractivity contribution in [2.45, 2.75) is 6.10 Å². The van der Waals surface area contributed by atoms with Crippen LogP contribution in [0.1, 0.15) is 11.7 Å². The number of ether oxygens (including phenoxy) is 1. The summed E-state index contributed by atoms with van der Waals surface area (Å²) in [6.45, 7) is 0.712. The molecular weight excluding hydrogens is 195 g/mol. The maximum atomic E-state index is 5.95. The normalized spacial score (nSPS) is 22.0. The van der Waals surface area contributed by atoms with Gasteiger partial charge in [0.15, 0.2) is 0 Å². The summed E-state index contributed by atoms with van der Waals surface area (Å²) in [7, 11) is 0. The first-order chi connectivity index (χ1) is 5.77. The molecule has 1 unspecified atom stereocenters. The minimum atomic E-state index is 0.0646. The van der Waals surface area contributed by atoms with Gasteiger partial charge in [-0.25, -0.2) is 0 Å². The standard InChI is InChI=1S/C9H7Cl2O/c10-6-1-2-7(8(11)5-6)9-3-4-12-9/h1-3,5,9H,4H2. The van der Waals surface area contributed by atoms with Gasteiger partial charge in [-0.1, -0.05) is 29.3 Å². The highest BCUT2D eigenvalue weighted by Crippen LogP contribution is 2.34. The van der Waals surface area contributed by atoms with Crippen LogP contribution in [0.4, 0.5) is 0 Å². The van der Waals surface area contributed by atoms with E-state index in [1.807, 2.05) is 12.1 Å². The average Bonchev–Trinajstić information content (AvgIpc) is 1.91. The lowest BCUT2D eigenvalue weighted by atomic mass is 10.0. The molecule has 2 rings (SSSR count). The molecule has 12 heavy (non-hydrogen) atoms. The maximum absolute atomic E-state index is 5.95. The Balaban J connectivity index is 2.31. The molecule has 0 bridgehead atoms. The molecular formula is C9H7Cl2O. The lowest BCUT2D eigenvalue weighted by Gasteiger charge is -2.27. The first kappa shape index (κ1) is 8.36. The van der Waals surface area contributed by atoms with Crippen LogP contribution in [0.25, 0.3) is 0 Å². The highest BCUT2D eigenvalue weighted by atomic mass is 35.5. The first-order valence-electron chi connectivity index (χ1n) is 3.67. The summed E-state index contributed by atoms with van der Waals surface area (Å²) in [5.74, 6) is 0. The number of hydrogen-bond donors (Lipinski definition) is 0. The largest absolute Gasteiger partial charge is 0.373 e. The minimum absolute atomic E-state index is 0.0646. The molecule has 1 radical (unpaired) electrons. The second-order valence-corrected chi connectivity index (χ2v) is 3.50. The molecule has 0 N–H and O–H groups in total. The van der Waals surface area contributed by atoms with Gasteiger partial charge in [-0.05, 0) is 17.7 Å². The Bertz CT molecular complexity index is 295. The molecule has 1 fully saturated rings. The summed E-state index contributed by atoms with van der Waals surface area (Å²) in [5.41, 5.74) is 0.993.